The number of hydrogen-bond acceptors (Lipinski definition) is 5. The van der Waals surface area contributed by atoms with E-state index in [-0.39, 0.29) is 11.8 Å². The van der Waals surface area contributed by atoms with Crippen LogP contribution in [0.4, 0.5) is 5.69 Å². The van der Waals surface area contributed by atoms with Crippen molar-refractivity contribution in [2.45, 2.75) is 12.3 Å². The number of ether oxygens (including phenoxy) is 3. The Morgan fingerprint density at radius 3 is 2.37 bits per heavy atom. The Labute approximate surface area is 158 Å². The van der Waals surface area contributed by atoms with E-state index in [0.29, 0.717) is 23.6 Å². The number of carbonyl (C=O) groups excluding carboxylic acids is 2. The number of nitrogens with zero attached hydrogens (tertiary/aromatic N) is 1. The smallest absolute Gasteiger partial charge is 0.318 e. The number of hydrogen-bond donors (Lipinski definition) is 0. The first kappa shape index (κ1) is 18.8. The van der Waals surface area contributed by atoms with Gasteiger partial charge in [0.1, 0.15) is 17.4 Å². The largest absolute Gasteiger partial charge is 0.497 e. The third-order valence-electron chi connectivity index (χ3n) is 5.05. The average molecular weight is 369 g/mol. The highest BCUT2D eigenvalue weighted by Gasteiger charge is 2.40. The highest BCUT2D eigenvalue weighted by atomic mass is 16.5. The molecule has 0 N–H and O–H groups in total. The topological polar surface area (TPSA) is 65.1 Å². The van der Waals surface area contributed by atoms with Crippen LogP contribution in [0.2, 0.25) is 0 Å². The van der Waals surface area contributed by atoms with Crippen molar-refractivity contribution in [1.29, 1.82) is 0 Å². The van der Waals surface area contributed by atoms with Gasteiger partial charge in [0.15, 0.2) is 0 Å². The Morgan fingerprint density at radius 2 is 1.78 bits per heavy atom. The van der Waals surface area contributed by atoms with Gasteiger partial charge >= 0.3 is 5.97 Å². The Balaban J connectivity index is 2.27. The number of amides is 1. The van der Waals surface area contributed by atoms with Crippen molar-refractivity contribution < 1.29 is 23.8 Å². The van der Waals surface area contributed by atoms with Gasteiger partial charge in [-0.3, -0.25) is 9.59 Å². The van der Waals surface area contributed by atoms with Gasteiger partial charge in [-0.2, -0.15) is 0 Å². The first-order chi connectivity index (χ1) is 13.0. The zero-order valence-corrected chi connectivity index (χ0v) is 15.9. The lowest BCUT2D eigenvalue weighted by Gasteiger charge is -2.24. The second-order valence-electron chi connectivity index (χ2n) is 6.43. The Morgan fingerprint density at radius 1 is 1.07 bits per heavy atom. The molecule has 0 saturated heterocycles. The molecule has 6 heteroatoms. The van der Waals surface area contributed by atoms with Crippen LogP contribution in [-0.2, 0) is 14.3 Å². The molecular formula is C21H23NO5. The van der Waals surface area contributed by atoms with Gasteiger partial charge in [0.2, 0.25) is 5.91 Å². The molecule has 3 rings (SSSR count). The van der Waals surface area contributed by atoms with E-state index in [4.69, 9.17) is 14.2 Å². The maximum absolute atomic E-state index is 13.0. The molecule has 27 heavy (non-hydrogen) atoms. The Hall–Kier alpha value is -3.02. The number of fused-ring (bicyclic) bond motifs is 1. The standard InChI is InChI=1S/C21H23NO5/c1-22-17-10-14(25-2)11-18(26-3)19(17)15(13-8-6-5-7-9-13)12-16(20(22)23)21(24)27-4/h5-11,15-16H,12H2,1-4H3/t15-,16+/m0/s1. The van der Waals surface area contributed by atoms with Crippen LogP contribution >= 0.6 is 0 Å². The fourth-order valence-electron chi connectivity index (χ4n) is 3.64. The van der Waals surface area contributed by atoms with Crippen molar-refractivity contribution >= 4 is 17.6 Å². The van der Waals surface area contributed by atoms with Crippen LogP contribution in [0.15, 0.2) is 42.5 Å². The number of rotatable bonds is 4. The summed E-state index contributed by atoms with van der Waals surface area (Å²) in [4.78, 5) is 26.9. The zero-order valence-electron chi connectivity index (χ0n) is 15.9. The fraction of sp³-hybridized carbons (Fsp3) is 0.333. The zero-order chi connectivity index (χ0) is 19.6. The molecule has 2 atom stereocenters. The van der Waals surface area contributed by atoms with Crippen LogP contribution < -0.4 is 14.4 Å². The molecule has 0 spiro atoms. The van der Waals surface area contributed by atoms with E-state index in [1.54, 1.807) is 33.4 Å². The van der Waals surface area contributed by atoms with Crippen molar-refractivity contribution in [1.82, 2.24) is 0 Å². The number of anilines is 1. The van der Waals surface area contributed by atoms with E-state index in [2.05, 4.69) is 0 Å². The SMILES string of the molecule is COC(=O)[C@@H]1C[C@@H](c2ccccc2)c2c(OC)cc(OC)cc2N(C)C1=O. The lowest BCUT2D eigenvalue weighted by atomic mass is 9.83. The molecule has 6 nitrogen and oxygen atoms in total. The lowest BCUT2D eigenvalue weighted by molar-refractivity contribution is -0.149. The second-order valence-corrected chi connectivity index (χ2v) is 6.43. The van der Waals surface area contributed by atoms with E-state index in [1.807, 2.05) is 30.3 Å². The van der Waals surface area contributed by atoms with Gasteiger partial charge in [0, 0.05) is 30.7 Å². The van der Waals surface area contributed by atoms with Crippen molar-refractivity contribution in [2.24, 2.45) is 5.92 Å². The van der Waals surface area contributed by atoms with Gasteiger partial charge in [0.25, 0.3) is 0 Å². The third kappa shape index (κ3) is 3.35. The van der Waals surface area contributed by atoms with Crippen molar-refractivity contribution in [3.05, 3.63) is 53.6 Å². The number of carbonyl (C=O) groups is 2. The molecule has 0 radical (unpaired) electrons. The van der Waals surface area contributed by atoms with E-state index in [9.17, 15) is 9.59 Å². The summed E-state index contributed by atoms with van der Waals surface area (Å²) in [5.74, 6) is -0.756. The van der Waals surface area contributed by atoms with Gasteiger partial charge in [-0.25, -0.2) is 0 Å². The molecule has 0 unspecified atom stereocenters. The maximum atomic E-state index is 13.0. The summed E-state index contributed by atoms with van der Waals surface area (Å²) in [5, 5.41) is 0. The fourth-order valence-corrected chi connectivity index (χ4v) is 3.64. The van der Waals surface area contributed by atoms with E-state index in [0.717, 1.165) is 11.1 Å². The van der Waals surface area contributed by atoms with Gasteiger partial charge < -0.3 is 19.1 Å². The highest BCUT2D eigenvalue weighted by Crippen LogP contribution is 2.47. The minimum absolute atomic E-state index is 0.208. The maximum Gasteiger partial charge on any atom is 0.318 e. The van der Waals surface area contributed by atoms with E-state index < -0.39 is 11.9 Å². The molecular weight excluding hydrogens is 346 g/mol. The van der Waals surface area contributed by atoms with Crippen LogP contribution in [0.5, 0.6) is 11.5 Å². The molecule has 0 fully saturated rings. The monoisotopic (exact) mass is 369 g/mol. The normalized spacial score (nSPS) is 19.1. The predicted molar refractivity (Wildman–Crippen MR) is 101 cm³/mol. The summed E-state index contributed by atoms with van der Waals surface area (Å²) in [6.07, 6.45) is 0.301. The van der Waals surface area contributed by atoms with Crippen molar-refractivity contribution in [2.75, 3.05) is 33.3 Å². The van der Waals surface area contributed by atoms with Crippen LogP contribution in [0, 0.1) is 5.92 Å². The number of benzene rings is 2. The highest BCUT2D eigenvalue weighted by molar-refractivity contribution is 6.07. The van der Waals surface area contributed by atoms with E-state index in [1.165, 1.54) is 12.0 Å². The predicted octanol–water partition coefficient (Wildman–Crippen LogP) is 2.99. The molecule has 0 bridgehead atoms. The van der Waals surface area contributed by atoms with Crippen LogP contribution in [0.25, 0.3) is 0 Å². The van der Waals surface area contributed by atoms with E-state index >= 15 is 0 Å². The molecule has 1 heterocycles. The first-order valence-corrected chi connectivity index (χ1v) is 8.68. The van der Waals surface area contributed by atoms with Crippen LogP contribution in [0.1, 0.15) is 23.5 Å². The molecule has 2 aromatic carbocycles. The van der Waals surface area contributed by atoms with Crippen molar-refractivity contribution in [3.63, 3.8) is 0 Å². The molecule has 2 aromatic rings. The molecule has 0 aliphatic carbocycles. The van der Waals surface area contributed by atoms with Crippen LogP contribution in [0.3, 0.4) is 0 Å². The molecule has 0 saturated carbocycles. The average Bonchev–Trinajstić information content (AvgIpc) is 2.83. The number of esters is 1. The Bertz CT molecular complexity index is 849. The molecule has 1 amide bonds. The lowest BCUT2D eigenvalue weighted by Crippen LogP contribution is -2.36. The van der Waals surface area contributed by atoms with Gasteiger partial charge in [-0.1, -0.05) is 30.3 Å². The van der Waals surface area contributed by atoms with Gasteiger partial charge in [-0.15, -0.1) is 0 Å². The third-order valence-corrected chi connectivity index (χ3v) is 5.05. The summed E-state index contributed by atoms with van der Waals surface area (Å²) < 4.78 is 15.9. The summed E-state index contributed by atoms with van der Waals surface area (Å²) in [6.45, 7) is 0. The summed E-state index contributed by atoms with van der Waals surface area (Å²) >= 11 is 0. The molecule has 1 aliphatic rings. The minimum atomic E-state index is -0.895. The van der Waals surface area contributed by atoms with Crippen molar-refractivity contribution in [3.8, 4) is 11.5 Å². The molecule has 142 valence electrons. The summed E-state index contributed by atoms with van der Waals surface area (Å²) in [6, 6.07) is 13.4. The van der Waals surface area contributed by atoms with Gasteiger partial charge in [0.05, 0.1) is 27.0 Å². The second kappa shape index (κ2) is 7.70. The molecule has 1 aliphatic heterocycles. The quantitative estimate of drug-likeness (QED) is 0.612. The minimum Gasteiger partial charge on any atom is -0.497 e. The molecule has 0 aromatic heterocycles. The summed E-state index contributed by atoms with van der Waals surface area (Å²) in [5.41, 5.74) is 2.52. The number of methoxy groups -OCH3 is 3. The van der Waals surface area contributed by atoms with Gasteiger partial charge in [-0.05, 0) is 12.0 Å². The first-order valence-electron chi connectivity index (χ1n) is 8.68. The Kier molecular flexibility index (Phi) is 5.35. The summed E-state index contributed by atoms with van der Waals surface area (Å²) in [7, 11) is 6.10. The van der Waals surface area contributed by atoms with Crippen LogP contribution in [-0.4, -0.2) is 40.3 Å².